The summed E-state index contributed by atoms with van der Waals surface area (Å²) < 4.78 is 0. The van der Waals surface area contributed by atoms with E-state index in [0.29, 0.717) is 0 Å². The molecule has 1 N–H and O–H groups in total. The maximum absolute atomic E-state index is 9.10. The first kappa shape index (κ1) is 20.2. The highest BCUT2D eigenvalue weighted by Crippen LogP contribution is 2.30. The molecule has 0 aromatic rings. The number of rotatable bonds is 5. The third-order valence-electron chi connectivity index (χ3n) is 6.66. The zero-order valence-electron chi connectivity index (χ0n) is 16.6. The first-order chi connectivity index (χ1) is 11.6. The summed E-state index contributed by atoms with van der Waals surface area (Å²) in [5.41, 5.74) is 0. The van der Waals surface area contributed by atoms with Gasteiger partial charge in [-0.2, -0.15) is 0 Å². The van der Waals surface area contributed by atoms with Crippen LogP contribution in [0.5, 0.6) is 0 Å². The molecule has 1 saturated carbocycles. The van der Waals surface area contributed by atoms with Crippen LogP contribution in [0.3, 0.4) is 0 Å². The topological polar surface area (TPSA) is 26.7 Å². The molecule has 1 aliphatic carbocycles. The Morgan fingerprint density at radius 3 is 1.92 bits per heavy atom. The van der Waals surface area contributed by atoms with Crippen LogP contribution in [0.1, 0.15) is 72.1 Å². The van der Waals surface area contributed by atoms with Gasteiger partial charge in [-0.05, 0) is 76.0 Å². The van der Waals surface area contributed by atoms with Crippen molar-refractivity contribution >= 4 is 0 Å². The third kappa shape index (κ3) is 7.01. The molecule has 2 aliphatic heterocycles. The van der Waals surface area contributed by atoms with Crippen molar-refractivity contribution in [2.75, 3.05) is 39.3 Å². The van der Waals surface area contributed by atoms with Crippen molar-refractivity contribution in [2.45, 2.75) is 78.2 Å². The molecule has 3 fully saturated rings. The van der Waals surface area contributed by atoms with E-state index in [1.165, 1.54) is 58.2 Å². The summed E-state index contributed by atoms with van der Waals surface area (Å²) in [5.74, 6) is 3.00. The molecule has 3 aliphatic rings. The minimum Gasteiger partial charge on any atom is -0.393 e. The van der Waals surface area contributed by atoms with E-state index in [9.17, 15) is 0 Å². The molecular weight excluding hydrogens is 296 g/mol. The quantitative estimate of drug-likeness (QED) is 0.820. The zero-order valence-corrected chi connectivity index (χ0v) is 16.6. The molecule has 2 heterocycles. The van der Waals surface area contributed by atoms with Crippen LogP contribution >= 0.6 is 0 Å². The molecule has 142 valence electrons. The fourth-order valence-corrected chi connectivity index (χ4v) is 4.23. The number of hydrogen-bond acceptors (Lipinski definition) is 3. The molecule has 3 heteroatoms. The monoisotopic (exact) mass is 338 g/mol. The summed E-state index contributed by atoms with van der Waals surface area (Å²) >= 11 is 0. The van der Waals surface area contributed by atoms with Crippen molar-refractivity contribution in [3.63, 3.8) is 0 Å². The Labute approximate surface area is 150 Å². The van der Waals surface area contributed by atoms with E-state index < -0.39 is 0 Å². The average Bonchev–Trinajstić information content (AvgIpc) is 2.55. The Balaban J connectivity index is 0.000000198. The predicted octanol–water partition coefficient (Wildman–Crippen LogP) is 4.01. The second-order valence-electron chi connectivity index (χ2n) is 8.67. The van der Waals surface area contributed by atoms with Gasteiger partial charge in [0.25, 0.3) is 0 Å². The summed E-state index contributed by atoms with van der Waals surface area (Å²) in [5, 5.41) is 9.10. The second kappa shape index (κ2) is 10.8. The SMILES string of the molecule is CC(C)C1CCN(CCC2CCC2)CC1.CCN1CCC(O)CC1. The molecule has 0 aromatic heterocycles. The van der Waals surface area contributed by atoms with Crippen LogP contribution in [0.4, 0.5) is 0 Å². The van der Waals surface area contributed by atoms with Crippen molar-refractivity contribution < 1.29 is 5.11 Å². The van der Waals surface area contributed by atoms with Crippen molar-refractivity contribution in [1.82, 2.24) is 9.80 Å². The largest absolute Gasteiger partial charge is 0.393 e. The maximum atomic E-state index is 9.10. The van der Waals surface area contributed by atoms with Gasteiger partial charge in [0.2, 0.25) is 0 Å². The molecule has 3 nitrogen and oxygen atoms in total. The van der Waals surface area contributed by atoms with Gasteiger partial charge >= 0.3 is 0 Å². The van der Waals surface area contributed by atoms with E-state index in [0.717, 1.165) is 50.2 Å². The number of piperidine rings is 2. The molecule has 0 radical (unpaired) electrons. The first-order valence-corrected chi connectivity index (χ1v) is 10.7. The highest BCUT2D eigenvalue weighted by Gasteiger charge is 2.23. The first-order valence-electron chi connectivity index (χ1n) is 10.7. The molecular formula is C21H42N2O. The van der Waals surface area contributed by atoms with Crippen LogP contribution < -0.4 is 0 Å². The van der Waals surface area contributed by atoms with Gasteiger partial charge in [-0.15, -0.1) is 0 Å². The van der Waals surface area contributed by atoms with E-state index in [2.05, 4.69) is 30.6 Å². The minimum atomic E-state index is -0.0206. The van der Waals surface area contributed by atoms with Gasteiger partial charge in [-0.3, -0.25) is 0 Å². The van der Waals surface area contributed by atoms with Crippen LogP contribution in [0.2, 0.25) is 0 Å². The van der Waals surface area contributed by atoms with Crippen molar-refractivity contribution in [1.29, 1.82) is 0 Å². The summed E-state index contributed by atoms with van der Waals surface area (Å²) in [6.45, 7) is 14.4. The van der Waals surface area contributed by atoms with Crippen LogP contribution in [0.15, 0.2) is 0 Å². The number of likely N-dealkylation sites (tertiary alicyclic amines) is 2. The lowest BCUT2D eigenvalue weighted by atomic mass is 9.82. The van der Waals surface area contributed by atoms with Crippen LogP contribution in [0.25, 0.3) is 0 Å². The molecule has 0 aromatic carbocycles. The molecule has 3 rings (SSSR count). The van der Waals surface area contributed by atoms with Crippen LogP contribution in [0, 0.1) is 17.8 Å². The molecule has 0 spiro atoms. The fraction of sp³-hybridized carbons (Fsp3) is 1.00. The van der Waals surface area contributed by atoms with E-state index in [4.69, 9.17) is 5.11 Å². The van der Waals surface area contributed by atoms with Gasteiger partial charge in [0, 0.05) is 13.1 Å². The van der Waals surface area contributed by atoms with Gasteiger partial charge in [0.1, 0.15) is 0 Å². The molecule has 0 amide bonds. The number of hydrogen-bond donors (Lipinski definition) is 1. The summed E-state index contributed by atoms with van der Waals surface area (Å²) in [6.07, 6.45) is 10.8. The molecule has 2 saturated heterocycles. The standard InChI is InChI=1S/C14H27N.C7H15NO/c1-12(2)14-7-10-15(11-8-14)9-6-13-4-3-5-13;1-2-8-5-3-7(9)4-6-8/h12-14H,3-11H2,1-2H3;7,9H,2-6H2,1H3. The number of aliphatic hydroxyl groups excluding tert-OH is 1. The Hall–Kier alpha value is -0.120. The summed E-state index contributed by atoms with van der Waals surface area (Å²) in [6, 6.07) is 0. The lowest BCUT2D eigenvalue weighted by molar-refractivity contribution is 0.0852. The predicted molar refractivity (Wildman–Crippen MR) is 103 cm³/mol. The highest BCUT2D eigenvalue weighted by atomic mass is 16.3. The third-order valence-corrected chi connectivity index (χ3v) is 6.66. The minimum absolute atomic E-state index is 0.0206. The van der Waals surface area contributed by atoms with Crippen molar-refractivity contribution in [2.24, 2.45) is 17.8 Å². The fourth-order valence-electron chi connectivity index (χ4n) is 4.23. The van der Waals surface area contributed by atoms with E-state index in [-0.39, 0.29) is 6.10 Å². The maximum Gasteiger partial charge on any atom is 0.0564 e. The van der Waals surface area contributed by atoms with Gasteiger partial charge in [-0.25, -0.2) is 0 Å². The average molecular weight is 339 g/mol. The highest BCUT2D eigenvalue weighted by molar-refractivity contribution is 4.76. The normalized spacial score (nSPS) is 25.4. The number of aliphatic hydroxyl groups is 1. The molecule has 0 unspecified atom stereocenters. The molecule has 24 heavy (non-hydrogen) atoms. The van der Waals surface area contributed by atoms with Crippen molar-refractivity contribution in [3.8, 4) is 0 Å². The van der Waals surface area contributed by atoms with Crippen LogP contribution in [-0.4, -0.2) is 60.3 Å². The summed E-state index contributed by atoms with van der Waals surface area (Å²) in [7, 11) is 0. The van der Waals surface area contributed by atoms with Gasteiger partial charge in [0.05, 0.1) is 6.10 Å². The van der Waals surface area contributed by atoms with Gasteiger partial charge in [-0.1, -0.05) is 40.0 Å². The Morgan fingerprint density at radius 1 is 0.875 bits per heavy atom. The smallest absolute Gasteiger partial charge is 0.0564 e. The zero-order chi connectivity index (χ0) is 17.4. The Morgan fingerprint density at radius 2 is 1.46 bits per heavy atom. The molecule has 0 bridgehead atoms. The van der Waals surface area contributed by atoms with E-state index >= 15 is 0 Å². The molecule has 0 atom stereocenters. The van der Waals surface area contributed by atoms with E-state index in [1.807, 2.05) is 0 Å². The Kier molecular flexibility index (Phi) is 9.07. The number of nitrogens with zero attached hydrogens (tertiary/aromatic N) is 2. The van der Waals surface area contributed by atoms with Gasteiger partial charge in [0.15, 0.2) is 0 Å². The van der Waals surface area contributed by atoms with Gasteiger partial charge < -0.3 is 14.9 Å². The van der Waals surface area contributed by atoms with Crippen LogP contribution in [-0.2, 0) is 0 Å². The Bertz CT molecular complexity index is 314. The lowest BCUT2D eigenvalue weighted by Gasteiger charge is -2.35. The lowest BCUT2D eigenvalue weighted by Crippen LogP contribution is -2.36. The second-order valence-corrected chi connectivity index (χ2v) is 8.67. The van der Waals surface area contributed by atoms with Crippen molar-refractivity contribution in [3.05, 3.63) is 0 Å². The van der Waals surface area contributed by atoms with E-state index in [1.54, 1.807) is 0 Å². The summed E-state index contributed by atoms with van der Waals surface area (Å²) in [4.78, 5) is 5.07.